The molecule has 1 N–H and O–H groups in total. The number of rotatable bonds is 6. The van der Waals surface area contributed by atoms with Crippen LogP contribution < -0.4 is 14.8 Å². The molecule has 1 aliphatic rings. The average molecular weight is 377 g/mol. The molecule has 1 amide bonds. The monoisotopic (exact) mass is 377 g/mol. The highest BCUT2D eigenvalue weighted by molar-refractivity contribution is 7.15. The lowest BCUT2D eigenvalue weighted by Gasteiger charge is -2.26. The number of carbonyl (C=O) groups is 1. The number of anilines is 1. The van der Waals surface area contributed by atoms with Crippen LogP contribution in [0.1, 0.15) is 23.1 Å². The Hall–Kier alpha value is -2.32. The van der Waals surface area contributed by atoms with E-state index in [9.17, 15) is 4.79 Å². The lowest BCUT2D eigenvalue weighted by Crippen LogP contribution is -2.29. The molecule has 1 aliphatic heterocycles. The number of nitrogens with zero attached hydrogens (tertiary/aromatic N) is 2. The van der Waals surface area contributed by atoms with E-state index in [2.05, 4.69) is 15.2 Å². The Balaban J connectivity index is 1.67. The lowest BCUT2D eigenvalue weighted by atomic mass is 10.1. The molecule has 0 spiro atoms. The van der Waals surface area contributed by atoms with E-state index in [1.165, 1.54) is 16.2 Å². The van der Waals surface area contributed by atoms with Gasteiger partial charge in [-0.2, -0.15) is 0 Å². The molecule has 1 aromatic carbocycles. The topological polar surface area (TPSA) is 72.9 Å². The first-order valence-electron chi connectivity index (χ1n) is 8.48. The summed E-state index contributed by atoms with van der Waals surface area (Å²) in [5, 5.41) is 3.29. The van der Waals surface area contributed by atoms with Gasteiger partial charge in [0.05, 0.1) is 26.5 Å². The van der Waals surface area contributed by atoms with Crippen molar-refractivity contribution in [2.75, 3.05) is 32.7 Å². The zero-order valence-electron chi connectivity index (χ0n) is 15.2. The fourth-order valence-electron chi connectivity index (χ4n) is 2.91. The van der Waals surface area contributed by atoms with Crippen molar-refractivity contribution in [2.45, 2.75) is 26.4 Å². The number of thiazole rings is 1. The number of benzene rings is 1. The van der Waals surface area contributed by atoms with Crippen LogP contribution in [-0.4, -0.2) is 43.3 Å². The quantitative estimate of drug-likeness (QED) is 0.833. The molecule has 8 heteroatoms. The molecule has 0 radical (unpaired) electrons. The highest BCUT2D eigenvalue weighted by Gasteiger charge is 2.22. The van der Waals surface area contributed by atoms with Gasteiger partial charge in [-0.05, 0) is 24.6 Å². The highest BCUT2D eigenvalue weighted by atomic mass is 32.1. The van der Waals surface area contributed by atoms with Gasteiger partial charge in [0.2, 0.25) is 0 Å². The summed E-state index contributed by atoms with van der Waals surface area (Å²) in [5.74, 6) is 1.58. The van der Waals surface area contributed by atoms with Crippen LogP contribution in [0.15, 0.2) is 18.2 Å². The van der Waals surface area contributed by atoms with Crippen LogP contribution in [0.2, 0.25) is 0 Å². The molecule has 0 bridgehead atoms. The molecule has 26 heavy (non-hydrogen) atoms. The van der Waals surface area contributed by atoms with Crippen molar-refractivity contribution < 1.29 is 19.0 Å². The second-order valence-electron chi connectivity index (χ2n) is 5.92. The van der Waals surface area contributed by atoms with Crippen molar-refractivity contribution >= 4 is 22.6 Å². The van der Waals surface area contributed by atoms with Crippen LogP contribution in [0.4, 0.5) is 9.93 Å². The van der Waals surface area contributed by atoms with E-state index in [-0.39, 0.29) is 0 Å². The average Bonchev–Trinajstić information content (AvgIpc) is 3.02. The van der Waals surface area contributed by atoms with Crippen molar-refractivity contribution in [1.29, 1.82) is 0 Å². The normalized spacial score (nSPS) is 13.8. The summed E-state index contributed by atoms with van der Waals surface area (Å²) >= 11 is 1.51. The highest BCUT2D eigenvalue weighted by Crippen LogP contribution is 2.30. The van der Waals surface area contributed by atoms with Crippen LogP contribution in [0, 0.1) is 0 Å². The number of carbonyl (C=O) groups excluding carboxylic acids is 1. The molecule has 0 atom stereocenters. The minimum absolute atomic E-state index is 0.342. The van der Waals surface area contributed by atoms with Crippen LogP contribution in [-0.2, 0) is 24.2 Å². The smallest absolute Gasteiger partial charge is 0.413 e. The minimum atomic E-state index is -0.459. The maximum absolute atomic E-state index is 11.6. The fraction of sp³-hybridized carbons (Fsp3) is 0.444. The summed E-state index contributed by atoms with van der Waals surface area (Å²) in [7, 11) is 3.31. The Kier molecular flexibility index (Phi) is 5.95. The lowest BCUT2D eigenvalue weighted by molar-refractivity contribution is 0.168. The molecule has 1 aromatic heterocycles. The molecule has 2 heterocycles. The second-order valence-corrected chi connectivity index (χ2v) is 7.00. The van der Waals surface area contributed by atoms with Gasteiger partial charge in [-0.15, -0.1) is 0 Å². The number of fused-ring (bicyclic) bond motifs is 1. The molecule has 0 saturated carbocycles. The maximum Gasteiger partial charge on any atom is 0.413 e. The zero-order chi connectivity index (χ0) is 18.5. The summed E-state index contributed by atoms with van der Waals surface area (Å²) in [4.78, 5) is 19.6. The van der Waals surface area contributed by atoms with Crippen LogP contribution in [0.5, 0.6) is 11.5 Å². The summed E-state index contributed by atoms with van der Waals surface area (Å²) < 4.78 is 15.6. The van der Waals surface area contributed by atoms with Crippen molar-refractivity contribution in [3.8, 4) is 11.5 Å². The molecule has 140 valence electrons. The molecule has 3 rings (SSSR count). The first-order valence-corrected chi connectivity index (χ1v) is 9.29. The number of ether oxygens (including phenoxy) is 3. The van der Waals surface area contributed by atoms with Gasteiger partial charge in [-0.1, -0.05) is 11.3 Å². The minimum Gasteiger partial charge on any atom is -0.497 e. The Morgan fingerprint density at radius 2 is 2.00 bits per heavy atom. The second kappa shape index (κ2) is 8.37. The predicted octanol–water partition coefficient (Wildman–Crippen LogP) is 3.29. The van der Waals surface area contributed by atoms with E-state index in [1.54, 1.807) is 21.1 Å². The van der Waals surface area contributed by atoms with Crippen LogP contribution in [0.25, 0.3) is 0 Å². The fourth-order valence-corrected chi connectivity index (χ4v) is 3.94. The van der Waals surface area contributed by atoms with Gasteiger partial charge in [0, 0.05) is 37.0 Å². The molecular formula is C18H23N3O4S. The Bertz CT molecular complexity index is 756. The van der Waals surface area contributed by atoms with Gasteiger partial charge >= 0.3 is 6.09 Å². The van der Waals surface area contributed by atoms with Gasteiger partial charge < -0.3 is 14.2 Å². The molecule has 2 aromatic rings. The first-order chi connectivity index (χ1) is 12.6. The van der Waals surface area contributed by atoms with E-state index in [4.69, 9.17) is 14.2 Å². The van der Waals surface area contributed by atoms with Crippen molar-refractivity contribution in [3.05, 3.63) is 34.3 Å². The van der Waals surface area contributed by atoms with E-state index in [0.29, 0.717) is 11.7 Å². The molecule has 0 aliphatic carbocycles. The first kappa shape index (κ1) is 18.5. The Morgan fingerprint density at radius 3 is 2.65 bits per heavy atom. The van der Waals surface area contributed by atoms with Gasteiger partial charge in [0.25, 0.3) is 0 Å². The predicted molar refractivity (Wildman–Crippen MR) is 100 cm³/mol. The molecule has 0 saturated heterocycles. The standard InChI is InChI=1S/C18H23N3O4S/c1-4-25-18(22)20-17-19-15-5-6-21(11-16(15)26-17)10-12-7-13(23-2)9-14(8-12)24-3/h7-9H,4-6,10-11H2,1-3H3,(H,19,20,22). The Labute approximate surface area is 156 Å². The third-order valence-electron chi connectivity index (χ3n) is 4.11. The van der Waals surface area contributed by atoms with E-state index < -0.39 is 6.09 Å². The van der Waals surface area contributed by atoms with Gasteiger partial charge in [0.1, 0.15) is 11.5 Å². The number of methoxy groups -OCH3 is 2. The number of amides is 1. The van der Waals surface area contributed by atoms with Gasteiger partial charge in [-0.3, -0.25) is 10.2 Å². The molecular weight excluding hydrogens is 354 g/mol. The number of hydrogen-bond acceptors (Lipinski definition) is 7. The number of hydrogen-bond donors (Lipinski definition) is 1. The Morgan fingerprint density at radius 1 is 1.27 bits per heavy atom. The van der Waals surface area contributed by atoms with Gasteiger partial charge in [0.15, 0.2) is 5.13 Å². The SMILES string of the molecule is CCOC(=O)Nc1nc2c(s1)CN(Cc1cc(OC)cc(OC)c1)CC2. The number of aromatic nitrogens is 1. The zero-order valence-corrected chi connectivity index (χ0v) is 16.0. The summed E-state index contributed by atoms with van der Waals surface area (Å²) in [6, 6.07) is 5.92. The largest absolute Gasteiger partial charge is 0.497 e. The number of nitrogens with one attached hydrogen (secondary N) is 1. The van der Waals surface area contributed by atoms with Crippen LogP contribution in [0.3, 0.4) is 0 Å². The third-order valence-corrected chi connectivity index (χ3v) is 5.11. The van der Waals surface area contributed by atoms with E-state index in [0.717, 1.165) is 48.8 Å². The van der Waals surface area contributed by atoms with E-state index >= 15 is 0 Å². The third kappa shape index (κ3) is 4.44. The molecule has 7 nitrogen and oxygen atoms in total. The maximum atomic E-state index is 11.6. The summed E-state index contributed by atoms with van der Waals surface area (Å²) in [5.41, 5.74) is 2.19. The molecule has 0 fully saturated rings. The summed E-state index contributed by atoms with van der Waals surface area (Å²) in [6.07, 6.45) is 0.399. The van der Waals surface area contributed by atoms with Crippen molar-refractivity contribution in [2.24, 2.45) is 0 Å². The van der Waals surface area contributed by atoms with Crippen molar-refractivity contribution in [1.82, 2.24) is 9.88 Å². The van der Waals surface area contributed by atoms with E-state index in [1.807, 2.05) is 18.2 Å². The van der Waals surface area contributed by atoms with Gasteiger partial charge in [-0.25, -0.2) is 9.78 Å². The van der Waals surface area contributed by atoms with Crippen LogP contribution >= 0.6 is 11.3 Å². The summed E-state index contributed by atoms with van der Waals surface area (Å²) in [6.45, 7) is 4.63. The molecule has 0 unspecified atom stereocenters. The van der Waals surface area contributed by atoms with Crippen molar-refractivity contribution in [3.63, 3.8) is 0 Å².